The average molecular weight is 384 g/mol. The standard InChI is InChI=1S/C14H18N2OS2.C2H2O4/c1-2-5-13-12(4-1)15-14(19-13)18-11-3-6-16-7-9-17-10-8-16;3-1(4)2(5)6/h1-2,4-5H,3,6-11H2;(H,3,4)(H,5,6). The molecule has 136 valence electrons. The van der Waals surface area contributed by atoms with E-state index in [1.807, 2.05) is 11.8 Å². The van der Waals surface area contributed by atoms with Crippen LogP contribution in [0.5, 0.6) is 0 Å². The maximum absolute atomic E-state index is 9.10. The van der Waals surface area contributed by atoms with E-state index in [1.165, 1.54) is 22.0 Å². The molecule has 1 saturated heterocycles. The zero-order chi connectivity index (χ0) is 18.1. The molecule has 3 rings (SSSR count). The van der Waals surface area contributed by atoms with Gasteiger partial charge in [0.05, 0.1) is 23.4 Å². The Morgan fingerprint density at radius 2 is 1.88 bits per heavy atom. The van der Waals surface area contributed by atoms with Crippen molar-refractivity contribution in [3.8, 4) is 0 Å². The van der Waals surface area contributed by atoms with Gasteiger partial charge in [-0.2, -0.15) is 0 Å². The summed E-state index contributed by atoms with van der Waals surface area (Å²) in [5.74, 6) is -2.50. The Bertz CT molecular complexity index is 656. The zero-order valence-corrected chi connectivity index (χ0v) is 15.2. The Kier molecular flexibility index (Phi) is 8.13. The average Bonchev–Trinajstić information content (AvgIpc) is 3.03. The van der Waals surface area contributed by atoms with E-state index in [0.717, 1.165) is 37.6 Å². The molecule has 7 nitrogen and oxygen atoms in total. The summed E-state index contributed by atoms with van der Waals surface area (Å²) in [4.78, 5) is 25.3. The lowest BCUT2D eigenvalue weighted by atomic mass is 10.3. The summed E-state index contributed by atoms with van der Waals surface area (Å²) in [6.45, 7) is 5.15. The molecule has 2 heterocycles. The highest BCUT2D eigenvalue weighted by Crippen LogP contribution is 2.29. The highest BCUT2D eigenvalue weighted by molar-refractivity contribution is 8.01. The lowest BCUT2D eigenvalue weighted by Crippen LogP contribution is -2.36. The molecule has 2 N–H and O–H groups in total. The van der Waals surface area contributed by atoms with Crippen LogP contribution >= 0.6 is 23.1 Å². The molecule has 1 aromatic heterocycles. The minimum atomic E-state index is -1.82. The molecule has 1 fully saturated rings. The largest absolute Gasteiger partial charge is 0.473 e. The van der Waals surface area contributed by atoms with Gasteiger partial charge in [-0.3, -0.25) is 4.90 Å². The second kappa shape index (κ2) is 10.3. The van der Waals surface area contributed by atoms with Crippen LogP contribution in [0.1, 0.15) is 6.42 Å². The Hall–Kier alpha value is -1.68. The van der Waals surface area contributed by atoms with Gasteiger partial charge >= 0.3 is 11.9 Å². The van der Waals surface area contributed by atoms with Crippen LogP contribution in [0, 0.1) is 0 Å². The number of thioether (sulfide) groups is 1. The molecule has 1 aliphatic heterocycles. The molecule has 0 aliphatic carbocycles. The van der Waals surface area contributed by atoms with Gasteiger partial charge in [-0.15, -0.1) is 11.3 Å². The van der Waals surface area contributed by atoms with Gasteiger partial charge in [0.2, 0.25) is 0 Å². The second-order valence-corrected chi connectivity index (χ2v) is 7.59. The Morgan fingerprint density at radius 1 is 1.20 bits per heavy atom. The van der Waals surface area contributed by atoms with Crippen LogP contribution in [0.2, 0.25) is 0 Å². The molecule has 0 amide bonds. The molecular weight excluding hydrogens is 364 g/mol. The molecule has 0 unspecified atom stereocenters. The van der Waals surface area contributed by atoms with Gasteiger partial charge in [-0.25, -0.2) is 14.6 Å². The maximum atomic E-state index is 9.10. The predicted octanol–water partition coefficient (Wildman–Crippen LogP) is 2.27. The van der Waals surface area contributed by atoms with Crippen molar-refractivity contribution in [3.05, 3.63) is 24.3 Å². The summed E-state index contributed by atoms with van der Waals surface area (Å²) >= 11 is 3.69. The van der Waals surface area contributed by atoms with Crippen LogP contribution in [0.4, 0.5) is 0 Å². The third kappa shape index (κ3) is 6.99. The first-order chi connectivity index (χ1) is 12.1. The number of carboxylic acid groups (broad SMARTS) is 2. The molecule has 0 spiro atoms. The van der Waals surface area contributed by atoms with Crippen molar-refractivity contribution in [2.45, 2.75) is 10.8 Å². The number of benzene rings is 1. The topological polar surface area (TPSA) is 100.0 Å². The van der Waals surface area contributed by atoms with E-state index >= 15 is 0 Å². The van der Waals surface area contributed by atoms with Crippen molar-refractivity contribution >= 4 is 45.3 Å². The fraction of sp³-hybridized carbons (Fsp3) is 0.438. The number of carboxylic acids is 2. The van der Waals surface area contributed by atoms with Crippen molar-refractivity contribution in [2.24, 2.45) is 0 Å². The predicted molar refractivity (Wildman–Crippen MR) is 97.5 cm³/mol. The van der Waals surface area contributed by atoms with Gasteiger partial charge in [0.1, 0.15) is 0 Å². The SMILES string of the molecule is O=C(O)C(=O)O.c1ccc2sc(SCCCN3CCOCC3)nc2c1. The lowest BCUT2D eigenvalue weighted by Gasteiger charge is -2.26. The first-order valence-electron chi connectivity index (χ1n) is 7.81. The van der Waals surface area contributed by atoms with E-state index in [9.17, 15) is 0 Å². The number of morpholine rings is 1. The molecule has 0 saturated carbocycles. The number of thiazole rings is 1. The minimum absolute atomic E-state index is 0.894. The van der Waals surface area contributed by atoms with E-state index in [0.29, 0.717) is 0 Å². The van der Waals surface area contributed by atoms with Crippen LogP contribution in [0.3, 0.4) is 0 Å². The van der Waals surface area contributed by atoms with Gasteiger partial charge in [0.25, 0.3) is 0 Å². The van der Waals surface area contributed by atoms with Crippen LogP contribution in [-0.2, 0) is 14.3 Å². The number of aliphatic carboxylic acids is 2. The quantitative estimate of drug-likeness (QED) is 0.460. The van der Waals surface area contributed by atoms with Crippen molar-refractivity contribution in [1.82, 2.24) is 9.88 Å². The first kappa shape index (κ1) is 19.6. The number of nitrogens with zero attached hydrogens (tertiary/aromatic N) is 2. The number of hydrogen-bond donors (Lipinski definition) is 2. The summed E-state index contributed by atoms with van der Waals surface area (Å²) in [6.07, 6.45) is 1.22. The molecule has 0 atom stereocenters. The third-order valence-electron chi connectivity index (χ3n) is 3.41. The van der Waals surface area contributed by atoms with Crippen molar-refractivity contribution in [3.63, 3.8) is 0 Å². The maximum Gasteiger partial charge on any atom is 0.414 e. The Morgan fingerprint density at radius 3 is 2.52 bits per heavy atom. The summed E-state index contributed by atoms with van der Waals surface area (Å²) in [5.41, 5.74) is 1.13. The number of aromatic nitrogens is 1. The highest BCUT2D eigenvalue weighted by Gasteiger charge is 2.10. The van der Waals surface area contributed by atoms with E-state index in [4.69, 9.17) is 24.5 Å². The molecule has 0 bridgehead atoms. The van der Waals surface area contributed by atoms with Gasteiger partial charge in [0, 0.05) is 18.8 Å². The van der Waals surface area contributed by atoms with Crippen molar-refractivity contribution in [2.75, 3.05) is 38.6 Å². The fourth-order valence-corrected chi connectivity index (χ4v) is 4.25. The van der Waals surface area contributed by atoms with E-state index in [2.05, 4.69) is 34.1 Å². The minimum Gasteiger partial charge on any atom is -0.473 e. The number of para-hydroxylation sites is 1. The first-order valence-corrected chi connectivity index (χ1v) is 9.61. The monoisotopic (exact) mass is 384 g/mol. The molecular formula is C16H20N2O5S2. The van der Waals surface area contributed by atoms with Gasteiger partial charge in [0.15, 0.2) is 4.34 Å². The van der Waals surface area contributed by atoms with E-state index in [-0.39, 0.29) is 0 Å². The number of fused-ring (bicyclic) bond motifs is 1. The summed E-state index contributed by atoms with van der Waals surface area (Å²) in [6, 6.07) is 8.36. The van der Waals surface area contributed by atoms with E-state index in [1.54, 1.807) is 11.3 Å². The summed E-state index contributed by atoms with van der Waals surface area (Å²) < 4.78 is 7.84. The van der Waals surface area contributed by atoms with E-state index < -0.39 is 11.9 Å². The van der Waals surface area contributed by atoms with Crippen LogP contribution in [0.25, 0.3) is 10.2 Å². The van der Waals surface area contributed by atoms with Crippen LogP contribution < -0.4 is 0 Å². The van der Waals surface area contributed by atoms with Crippen LogP contribution in [0.15, 0.2) is 28.6 Å². The summed E-state index contributed by atoms with van der Waals surface area (Å²) in [5, 5.41) is 14.8. The number of rotatable bonds is 5. The third-order valence-corrected chi connectivity index (χ3v) is 5.67. The molecule has 1 aromatic carbocycles. The number of hydrogen-bond acceptors (Lipinski definition) is 7. The fourth-order valence-electron chi connectivity index (χ4n) is 2.19. The summed E-state index contributed by atoms with van der Waals surface area (Å²) in [7, 11) is 0. The smallest absolute Gasteiger partial charge is 0.414 e. The molecule has 2 aromatic rings. The van der Waals surface area contributed by atoms with Crippen molar-refractivity contribution < 1.29 is 24.5 Å². The number of carbonyl (C=O) groups is 2. The highest BCUT2D eigenvalue weighted by atomic mass is 32.2. The molecule has 9 heteroatoms. The normalized spacial score (nSPS) is 14.7. The van der Waals surface area contributed by atoms with Gasteiger partial charge in [-0.1, -0.05) is 23.9 Å². The number of ether oxygens (including phenoxy) is 1. The molecule has 25 heavy (non-hydrogen) atoms. The second-order valence-electron chi connectivity index (χ2n) is 5.21. The van der Waals surface area contributed by atoms with Gasteiger partial charge < -0.3 is 14.9 Å². The Balaban J connectivity index is 0.000000326. The molecule has 0 radical (unpaired) electrons. The Labute approximate surface area is 153 Å². The van der Waals surface area contributed by atoms with Gasteiger partial charge in [-0.05, 0) is 25.1 Å². The molecule has 1 aliphatic rings. The zero-order valence-electron chi connectivity index (χ0n) is 13.6. The van der Waals surface area contributed by atoms with Crippen molar-refractivity contribution in [1.29, 1.82) is 0 Å². The lowest BCUT2D eigenvalue weighted by molar-refractivity contribution is -0.159. The van der Waals surface area contributed by atoms with Crippen LogP contribution in [-0.4, -0.2) is 70.6 Å².